The lowest BCUT2D eigenvalue weighted by Gasteiger charge is -2.08. The van der Waals surface area contributed by atoms with Crippen molar-refractivity contribution in [3.05, 3.63) is 48.0 Å². The lowest BCUT2D eigenvalue weighted by molar-refractivity contribution is -0.137. The van der Waals surface area contributed by atoms with Crippen LogP contribution < -0.4 is 9.47 Å². The SMILES string of the molecule is COc1cccc(OC(=O)COC(=O)c2ccc(O)cc2O)c1. The summed E-state index contributed by atoms with van der Waals surface area (Å²) in [7, 11) is 1.48. The summed E-state index contributed by atoms with van der Waals surface area (Å²) in [4.78, 5) is 23.4. The number of methoxy groups -OCH3 is 1. The van der Waals surface area contributed by atoms with Gasteiger partial charge >= 0.3 is 11.9 Å². The number of aromatic hydroxyl groups is 2. The zero-order chi connectivity index (χ0) is 16.8. The highest BCUT2D eigenvalue weighted by Gasteiger charge is 2.16. The normalized spacial score (nSPS) is 9.96. The van der Waals surface area contributed by atoms with Crippen LogP contribution in [0.4, 0.5) is 0 Å². The van der Waals surface area contributed by atoms with E-state index < -0.39 is 24.3 Å². The minimum absolute atomic E-state index is 0.169. The fraction of sp³-hybridized carbons (Fsp3) is 0.125. The number of esters is 2. The molecule has 0 spiro atoms. The summed E-state index contributed by atoms with van der Waals surface area (Å²) in [6.07, 6.45) is 0. The van der Waals surface area contributed by atoms with Gasteiger partial charge in [-0.05, 0) is 24.3 Å². The first-order chi connectivity index (χ1) is 11.0. The number of carbonyl (C=O) groups excluding carboxylic acids is 2. The predicted octanol–water partition coefficient (Wildman–Crippen LogP) is 1.87. The minimum atomic E-state index is -0.912. The molecule has 7 nitrogen and oxygen atoms in total. The summed E-state index contributed by atoms with van der Waals surface area (Å²) in [5, 5.41) is 18.7. The molecule has 0 saturated carbocycles. The van der Waals surface area contributed by atoms with Crippen LogP contribution in [0.1, 0.15) is 10.4 Å². The Hall–Kier alpha value is -3.22. The molecule has 7 heteroatoms. The van der Waals surface area contributed by atoms with Crippen molar-refractivity contribution in [1.29, 1.82) is 0 Å². The van der Waals surface area contributed by atoms with Crippen LogP contribution in [0.2, 0.25) is 0 Å². The highest BCUT2D eigenvalue weighted by molar-refractivity contribution is 5.93. The van der Waals surface area contributed by atoms with Crippen LogP contribution in [-0.2, 0) is 9.53 Å². The first-order valence-corrected chi connectivity index (χ1v) is 6.53. The van der Waals surface area contributed by atoms with Gasteiger partial charge in [0.15, 0.2) is 6.61 Å². The molecule has 0 heterocycles. The second-order valence-corrected chi connectivity index (χ2v) is 4.43. The Bertz CT molecular complexity index is 724. The van der Waals surface area contributed by atoms with Gasteiger partial charge in [0.05, 0.1) is 7.11 Å². The molecule has 2 aromatic carbocycles. The van der Waals surface area contributed by atoms with Crippen molar-refractivity contribution in [2.45, 2.75) is 0 Å². The average molecular weight is 318 g/mol. The van der Waals surface area contributed by atoms with E-state index in [-0.39, 0.29) is 17.1 Å². The van der Waals surface area contributed by atoms with E-state index in [0.29, 0.717) is 5.75 Å². The average Bonchev–Trinajstić information content (AvgIpc) is 2.53. The van der Waals surface area contributed by atoms with Gasteiger partial charge in [-0.1, -0.05) is 6.07 Å². The van der Waals surface area contributed by atoms with E-state index in [4.69, 9.17) is 19.3 Å². The van der Waals surface area contributed by atoms with Crippen molar-refractivity contribution in [3.8, 4) is 23.0 Å². The molecule has 0 aliphatic heterocycles. The molecule has 0 saturated heterocycles. The molecule has 23 heavy (non-hydrogen) atoms. The van der Waals surface area contributed by atoms with E-state index in [1.54, 1.807) is 18.2 Å². The van der Waals surface area contributed by atoms with Crippen molar-refractivity contribution < 1.29 is 34.0 Å². The van der Waals surface area contributed by atoms with E-state index in [1.807, 2.05) is 0 Å². The summed E-state index contributed by atoms with van der Waals surface area (Å²) >= 11 is 0. The number of hydrogen-bond donors (Lipinski definition) is 2. The number of benzene rings is 2. The Balaban J connectivity index is 1.92. The second kappa shape index (κ2) is 7.17. The summed E-state index contributed by atoms with van der Waals surface area (Å²) in [6, 6.07) is 9.77. The van der Waals surface area contributed by atoms with E-state index in [1.165, 1.54) is 25.3 Å². The van der Waals surface area contributed by atoms with E-state index in [2.05, 4.69) is 0 Å². The third-order valence-electron chi connectivity index (χ3n) is 2.80. The van der Waals surface area contributed by atoms with Crippen molar-refractivity contribution in [1.82, 2.24) is 0 Å². The van der Waals surface area contributed by atoms with Crippen molar-refractivity contribution in [2.24, 2.45) is 0 Å². The van der Waals surface area contributed by atoms with E-state index >= 15 is 0 Å². The molecular weight excluding hydrogens is 304 g/mol. The fourth-order valence-electron chi connectivity index (χ4n) is 1.72. The molecular formula is C16H14O7. The lowest BCUT2D eigenvalue weighted by Crippen LogP contribution is -2.19. The lowest BCUT2D eigenvalue weighted by atomic mass is 10.2. The van der Waals surface area contributed by atoms with Crippen LogP contribution in [0.15, 0.2) is 42.5 Å². The molecule has 0 aliphatic carbocycles. The number of hydrogen-bond acceptors (Lipinski definition) is 7. The zero-order valence-electron chi connectivity index (χ0n) is 12.2. The highest BCUT2D eigenvalue weighted by atomic mass is 16.6. The quantitative estimate of drug-likeness (QED) is 0.641. The summed E-state index contributed by atoms with van der Waals surface area (Å²) in [5.74, 6) is -1.58. The smallest absolute Gasteiger partial charge is 0.349 e. The Labute approximate surface area is 131 Å². The second-order valence-electron chi connectivity index (χ2n) is 4.43. The maximum Gasteiger partial charge on any atom is 0.349 e. The van der Waals surface area contributed by atoms with Crippen molar-refractivity contribution >= 4 is 11.9 Å². The molecule has 0 radical (unpaired) electrons. The molecule has 120 valence electrons. The molecule has 2 aromatic rings. The topological polar surface area (TPSA) is 102 Å². The molecule has 0 bridgehead atoms. The summed E-state index contributed by atoms with van der Waals surface area (Å²) in [6.45, 7) is -0.629. The molecule has 0 amide bonds. The van der Waals surface area contributed by atoms with Gasteiger partial charge in [0.25, 0.3) is 0 Å². The number of phenols is 2. The van der Waals surface area contributed by atoms with Crippen LogP contribution in [0.25, 0.3) is 0 Å². The van der Waals surface area contributed by atoms with Gasteiger partial charge in [0.2, 0.25) is 0 Å². The fourth-order valence-corrected chi connectivity index (χ4v) is 1.72. The van der Waals surface area contributed by atoms with Gasteiger partial charge in [-0.15, -0.1) is 0 Å². The number of ether oxygens (including phenoxy) is 3. The Morgan fingerprint density at radius 3 is 2.48 bits per heavy atom. The molecule has 0 unspecified atom stereocenters. The predicted molar refractivity (Wildman–Crippen MR) is 78.7 cm³/mol. The van der Waals surface area contributed by atoms with Crippen molar-refractivity contribution in [3.63, 3.8) is 0 Å². The van der Waals surface area contributed by atoms with Crippen LogP contribution in [-0.4, -0.2) is 35.9 Å². The third-order valence-corrected chi connectivity index (χ3v) is 2.80. The molecule has 2 N–H and O–H groups in total. The van der Waals surface area contributed by atoms with Gasteiger partial charge in [-0.3, -0.25) is 0 Å². The molecule has 0 aromatic heterocycles. The molecule has 0 fully saturated rings. The minimum Gasteiger partial charge on any atom is -0.508 e. The largest absolute Gasteiger partial charge is 0.508 e. The van der Waals surface area contributed by atoms with Gasteiger partial charge < -0.3 is 24.4 Å². The monoisotopic (exact) mass is 318 g/mol. The number of phenolic OH excluding ortho intramolecular Hbond substituents is 2. The van der Waals surface area contributed by atoms with E-state index in [0.717, 1.165) is 6.07 Å². The first kappa shape index (κ1) is 16.2. The number of carbonyl (C=O) groups is 2. The van der Waals surface area contributed by atoms with Gasteiger partial charge in [0, 0.05) is 12.1 Å². The standard InChI is InChI=1S/C16H14O7/c1-21-11-3-2-4-12(8-11)23-15(19)9-22-16(20)13-6-5-10(17)7-14(13)18/h2-8,17-18H,9H2,1H3. The Kier molecular flexibility index (Phi) is 5.03. The van der Waals surface area contributed by atoms with Gasteiger partial charge in [0.1, 0.15) is 28.6 Å². The van der Waals surface area contributed by atoms with Gasteiger partial charge in [-0.25, -0.2) is 9.59 Å². The van der Waals surface area contributed by atoms with Crippen molar-refractivity contribution in [2.75, 3.05) is 13.7 Å². The van der Waals surface area contributed by atoms with Crippen LogP contribution in [0.3, 0.4) is 0 Å². The van der Waals surface area contributed by atoms with Crippen LogP contribution >= 0.6 is 0 Å². The van der Waals surface area contributed by atoms with Gasteiger partial charge in [-0.2, -0.15) is 0 Å². The maximum atomic E-state index is 11.7. The van der Waals surface area contributed by atoms with Crippen LogP contribution in [0, 0.1) is 0 Å². The molecule has 2 rings (SSSR count). The zero-order valence-corrected chi connectivity index (χ0v) is 12.2. The Morgan fingerprint density at radius 1 is 1.04 bits per heavy atom. The van der Waals surface area contributed by atoms with E-state index in [9.17, 15) is 14.7 Å². The maximum absolute atomic E-state index is 11.7. The van der Waals surface area contributed by atoms with Crippen LogP contribution in [0.5, 0.6) is 23.0 Å². The highest BCUT2D eigenvalue weighted by Crippen LogP contribution is 2.23. The third kappa shape index (κ3) is 4.37. The molecule has 0 aliphatic rings. The Morgan fingerprint density at radius 2 is 1.78 bits per heavy atom. The summed E-state index contributed by atoms with van der Waals surface area (Å²) < 4.78 is 14.7. The first-order valence-electron chi connectivity index (χ1n) is 6.53. The summed E-state index contributed by atoms with van der Waals surface area (Å²) in [5.41, 5.74) is -0.169. The molecule has 0 atom stereocenters. The number of rotatable bonds is 5.